The summed E-state index contributed by atoms with van der Waals surface area (Å²) in [4.78, 5) is 14.8. The van der Waals surface area contributed by atoms with Crippen molar-refractivity contribution in [3.8, 4) is 0 Å². The Balaban J connectivity index is 1.53. The molecular formula is C20H30N2O. The number of fused-ring (bicyclic) bond motifs is 1. The second-order valence-corrected chi connectivity index (χ2v) is 7.12. The second-order valence-electron chi connectivity index (χ2n) is 7.12. The summed E-state index contributed by atoms with van der Waals surface area (Å²) in [5.41, 5.74) is 2.88. The first-order chi connectivity index (χ1) is 11.3. The molecule has 1 saturated heterocycles. The summed E-state index contributed by atoms with van der Waals surface area (Å²) >= 11 is 0. The highest BCUT2D eigenvalue weighted by molar-refractivity contribution is 5.77. The van der Waals surface area contributed by atoms with Gasteiger partial charge in [0.25, 0.3) is 0 Å². The third-order valence-electron chi connectivity index (χ3n) is 5.56. The Bertz CT molecular complexity index is 520. The zero-order chi connectivity index (χ0) is 16.1. The maximum atomic E-state index is 12.7. The largest absolute Gasteiger partial charge is 0.343 e. The van der Waals surface area contributed by atoms with Crippen molar-refractivity contribution >= 4 is 5.91 Å². The Labute approximate surface area is 140 Å². The number of aryl methyl sites for hydroxylation is 1. The van der Waals surface area contributed by atoms with Crippen LogP contribution in [0, 0.1) is 5.92 Å². The van der Waals surface area contributed by atoms with Crippen molar-refractivity contribution in [1.29, 1.82) is 0 Å². The maximum absolute atomic E-state index is 12.7. The van der Waals surface area contributed by atoms with E-state index < -0.39 is 0 Å². The van der Waals surface area contributed by atoms with E-state index in [9.17, 15) is 4.79 Å². The zero-order valence-corrected chi connectivity index (χ0v) is 14.4. The van der Waals surface area contributed by atoms with Crippen LogP contribution < -0.4 is 5.32 Å². The van der Waals surface area contributed by atoms with Crippen molar-refractivity contribution in [1.82, 2.24) is 10.2 Å². The SMILES string of the molecule is CCNCC1CCN(C(=O)CC2CCCc3ccccc32)CC1. The first-order valence-electron chi connectivity index (χ1n) is 9.34. The molecule has 1 atom stereocenters. The highest BCUT2D eigenvalue weighted by atomic mass is 16.2. The molecule has 1 unspecified atom stereocenters. The molecule has 0 spiro atoms. The fourth-order valence-corrected chi connectivity index (χ4v) is 4.14. The van der Waals surface area contributed by atoms with Gasteiger partial charge in [0.1, 0.15) is 0 Å². The zero-order valence-electron chi connectivity index (χ0n) is 14.4. The van der Waals surface area contributed by atoms with Crippen LogP contribution in [-0.4, -0.2) is 37.0 Å². The molecule has 3 heteroatoms. The molecule has 23 heavy (non-hydrogen) atoms. The number of amides is 1. The lowest BCUT2D eigenvalue weighted by molar-refractivity contribution is -0.133. The highest BCUT2D eigenvalue weighted by Gasteiger charge is 2.27. The molecule has 1 fully saturated rings. The Hall–Kier alpha value is -1.35. The summed E-state index contributed by atoms with van der Waals surface area (Å²) in [6.45, 7) is 6.20. The van der Waals surface area contributed by atoms with Crippen molar-refractivity contribution in [2.24, 2.45) is 5.92 Å². The van der Waals surface area contributed by atoms with Crippen molar-refractivity contribution in [2.45, 2.75) is 51.4 Å². The summed E-state index contributed by atoms with van der Waals surface area (Å²) in [7, 11) is 0. The van der Waals surface area contributed by atoms with Gasteiger partial charge in [-0.2, -0.15) is 0 Å². The van der Waals surface area contributed by atoms with Crippen LogP contribution in [0.25, 0.3) is 0 Å². The molecule has 0 radical (unpaired) electrons. The molecule has 126 valence electrons. The van der Waals surface area contributed by atoms with E-state index in [0.717, 1.165) is 44.9 Å². The van der Waals surface area contributed by atoms with Crippen molar-refractivity contribution in [3.05, 3.63) is 35.4 Å². The van der Waals surface area contributed by atoms with E-state index in [0.29, 0.717) is 18.2 Å². The van der Waals surface area contributed by atoms with Crippen LogP contribution in [0.5, 0.6) is 0 Å². The summed E-state index contributed by atoms with van der Waals surface area (Å²) in [5.74, 6) is 1.55. The standard InChI is InChI=1S/C20H30N2O/c1-2-21-15-16-10-12-22(13-11-16)20(23)14-18-8-5-7-17-6-3-4-9-19(17)18/h3-4,6,9,16,18,21H,2,5,7-8,10-15H2,1H3. The second kappa shape index (κ2) is 7.96. The van der Waals surface area contributed by atoms with Gasteiger partial charge in [0.15, 0.2) is 0 Å². The third kappa shape index (κ3) is 4.14. The fraction of sp³-hybridized carbons (Fsp3) is 0.650. The Kier molecular flexibility index (Phi) is 5.71. The number of hydrogen-bond donors (Lipinski definition) is 1. The predicted octanol–water partition coefficient (Wildman–Crippen LogP) is 3.34. The number of carbonyl (C=O) groups excluding carboxylic acids is 1. The number of piperidine rings is 1. The van der Waals surface area contributed by atoms with Gasteiger partial charge in [-0.05, 0) is 68.2 Å². The average Bonchev–Trinajstić information content (AvgIpc) is 2.60. The van der Waals surface area contributed by atoms with E-state index in [2.05, 4.69) is 41.4 Å². The van der Waals surface area contributed by atoms with Crippen molar-refractivity contribution in [2.75, 3.05) is 26.2 Å². The summed E-state index contributed by atoms with van der Waals surface area (Å²) in [6.07, 6.45) is 6.57. The van der Waals surface area contributed by atoms with E-state index in [4.69, 9.17) is 0 Å². The van der Waals surface area contributed by atoms with Crippen LogP contribution in [0.4, 0.5) is 0 Å². The molecule has 1 amide bonds. The first kappa shape index (κ1) is 16.5. The Morgan fingerprint density at radius 2 is 2.00 bits per heavy atom. The molecule has 2 aliphatic rings. The summed E-state index contributed by atoms with van der Waals surface area (Å²) in [5, 5.41) is 3.44. The topological polar surface area (TPSA) is 32.3 Å². The number of hydrogen-bond acceptors (Lipinski definition) is 2. The van der Waals surface area contributed by atoms with Crippen LogP contribution in [0.1, 0.15) is 56.1 Å². The molecule has 3 nitrogen and oxygen atoms in total. The molecular weight excluding hydrogens is 284 g/mol. The molecule has 3 rings (SSSR count). The summed E-state index contributed by atoms with van der Waals surface area (Å²) in [6, 6.07) is 8.71. The number of likely N-dealkylation sites (tertiary alicyclic amines) is 1. The van der Waals surface area contributed by atoms with Crippen LogP contribution in [0.2, 0.25) is 0 Å². The van der Waals surface area contributed by atoms with Gasteiger partial charge in [-0.1, -0.05) is 31.2 Å². The predicted molar refractivity (Wildman–Crippen MR) is 94.6 cm³/mol. The maximum Gasteiger partial charge on any atom is 0.223 e. The number of carbonyl (C=O) groups is 1. The first-order valence-corrected chi connectivity index (χ1v) is 9.34. The minimum absolute atomic E-state index is 0.369. The fourth-order valence-electron chi connectivity index (χ4n) is 4.14. The quantitative estimate of drug-likeness (QED) is 0.904. The Morgan fingerprint density at radius 3 is 2.78 bits per heavy atom. The molecule has 0 aromatic heterocycles. The van der Waals surface area contributed by atoms with E-state index in [1.54, 1.807) is 0 Å². The van der Waals surface area contributed by atoms with E-state index in [1.807, 2.05) is 0 Å². The number of rotatable bonds is 5. The van der Waals surface area contributed by atoms with Gasteiger partial charge < -0.3 is 10.2 Å². The summed E-state index contributed by atoms with van der Waals surface area (Å²) < 4.78 is 0. The number of nitrogens with one attached hydrogen (secondary N) is 1. The van der Waals surface area contributed by atoms with E-state index >= 15 is 0 Å². The molecule has 1 aliphatic heterocycles. The average molecular weight is 314 g/mol. The molecule has 1 aliphatic carbocycles. The molecule has 1 aromatic rings. The lowest BCUT2D eigenvalue weighted by Gasteiger charge is -2.34. The molecule has 1 heterocycles. The highest BCUT2D eigenvalue weighted by Crippen LogP contribution is 2.34. The van der Waals surface area contributed by atoms with Gasteiger partial charge in [0.2, 0.25) is 5.91 Å². The number of benzene rings is 1. The van der Waals surface area contributed by atoms with Crippen LogP contribution >= 0.6 is 0 Å². The van der Waals surface area contributed by atoms with Gasteiger partial charge in [-0.3, -0.25) is 4.79 Å². The minimum Gasteiger partial charge on any atom is -0.343 e. The van der Waals surface area contributed by atoms with Crippen molar-refractivity contribution < 1.29 is 4.79 Å². The van der Waals surface area contributed by atoms with Gasteiger partial charge in [0.05, 0.1) is 0 Å². The van der Waals surface area contributed by atoms with Gasteiger partial charge in [-0.25, -0.2) is 0 Å². The molecule has 1 N–H and O–H groups in total. The van der Waals surface area contributed by atoms with Crippen molar-refractivity contribution in [3.63, 3.8) is 0 Å². The Morgan fingerprint density at radius 1 is 1.22 bits per heavy atom. The lowest BCUT2D eigenvalue weighted by Crippen LogP contribution is -2.41. The third-order valence-corrected chi connectivity index (χ3v) is 5.56. The molecule has 1 aromatic carbocycles. The van der Waals surface area contributed by atoms with E-state index in [1.165, 1.54) is 30.4 Å². The molecule has 0 bridgehead atoms. The van der Waals surface area contributed by atoms with Crippen LogP contribution in [-0.2, 0) is 11.2 Å². The van der Waals surface area contributed by atoms with Crippen LogP contribution in [0.15, 0.2) is 24.3 Å². The minimum atomic E-state index is 0.369. The smallest absolute Gasteiger partial charge is 0.223 e. The number of nitrogens with zero attached hydrogens (tertiary/aromatic N) is 1. The molecule has 0 saturated carbocycles. The monoisotopic (exact) mass is 314 g/mol. The van der Waals surface area contributed by atoms with E-state index in [-0.39, 0.29) is 0 Å². The normalized spacial score (nSPS) is 22.0. The van der Waals surface area contributed by atoms with Gasteiger partial charge in [-0.15, -0.1) is 0 Å². The van der Waals surface area contributed by atoms with Crippen LogP contribution in [0.3, 0.4) is 0 Å². The van der Waals surface area contributed by atoms with Gasteiger partial charge in [0, 0.05) is 19.5 Å². The lowest BCUT2D eigenvalue weighted by atomic mass is 9.81. The van der Waals surface area contributed by atoms with Gasteiger partial charge >= 0.3 is 0 Å².